The Balaban J connectivity index is 3.92. The first-order valence-corrected chi connectivity index (χ1v) is 6.82. The second-order valence-electron chi connectivity index (χ2n) is 5.10. The Hall–Kier alpha value is -0.250. The van der Waals surface area contributed by atoms with E-state index in [-0.39, 0.29) is 5.41 Å². The number of halogens is 1. The summed E-state index contributed by atoms with van der Waals surface area (Å²) < 4.78 is 12.9. The molecule has 0 bridgehead atoms. The van der Waals surface area contributed by atoms with Gasteiger partial charge < -0.3 is 5.11 Å². The summed E-state index contributed by atoms with van der Waals surface area (Å²) in [6.45, 7) is 7.58. The van der Waals surface area contributed by atoms with Crippen molar-refractivity contribution in [2.24, 2.45) is 5.41 Å². The number of alkyl halides is 1. The molecule has 0 aromatic carbocycles. The SMILES string of the molecule is CCC(F)CCCSC(C(=O)O)C(C)(C)C. The molecule has 2 nitrogen and oxygen atoms in total. The molecule has 0 radical (unpaired) electrons. The van der Waals surface area contributed by atoms with E-state index in [1.807, 2.05) is 27.7 Å². The molecule has 2 atom stereocenters. The minimum Gasteiger partial charge on any atom is -0.480 e. The van der Waals surface area contributed by atoms with Crippen molar-refractivity contribution >= 4 is 17.7 Å². The molecule has 0 saturated carbocycles. The summed E-state index contributed by atoms with van der Waals surface area (Å²) in [5, 5.41) is 8.66. The van der Waals surface area contributed by atoms with Crippen molar-refractivity contribution < 1.29 is 14.3 Å². The van der Waals surface area contributed by atoms with Crippen LogP contribution in [0.2, 0.25) is 0 Å². The topological polar surface area (TPSA) is 37.3 Å². The van der Waals surface area contributed by atoms with Gasteiger partial charge in [-0.25, -0.2) is 4.39 Å². The molecule has 1 N–H and O–H groups in total. The molecule has 0 fully saturated rings. The predicted molar refractivity (Wildman–Crippen MR) is 67.8 cm³/mol. The maximum atomic E-state index is 12.9. The number of hydrogen-bond acceptors (Lipinski definition) is 2. The van der Waals surface area contributed by atoms with Gasteiger partial charge in [-0.2, -0.15) is 0 Å². The molecule has 0 aromatic rings. The van der Waals surface area contributed by atoms with Gasteiger partial charge >= 0.3 is 5.97 Å². The molecule has 0 spiro atoms. The maximum Gasteiger partial charge on any atom is 0.317 e. The van der Waals surface area contributed by atoms with Crippen LogP contribution in [0.3, 0.4) is 0 Å². The first kappa shape index (κ1) is 15.8. The molecule has 0 aliphatic rings. The van der Waals surface area contributed by atoms with Crippen molar-refractivity contribution in [3.8, 4) is 0 Å². The van der Waals surface area contributed by atoms with Gasteiger partial charge in [-0.05, 0) is 30.4 Å². The number of hydrogen-bond donors (Lipinski definition) is 1. The fourth-order valence-electron chi connectivity index (χ4n) is 1.40. The van der Waals surface area contributed by atoms with Gasteiger partial charge in [0.25, 0.3) is 0 Å². The van der Waals surface area contributed by atoms with Gasteiger partial charge in [0.15, 0.2) is 0 Å². The van der Waals surface area contributed by atoms with Crippen molar-refractivity contribution in [3.63, 3.8) is 0 Å². The normalized spacial score (nSPS) is 15.8. The number of carboxylic acid groups (broad SMARTS) is 1. The number of carbonyl (C=O) groups is 1. The molecular weight excluding hydrogens is 227 g/mol. The zero-order chi connectivity index (χ0) is 12.8. The summed E-state index contributed by atoms with van der Waals surface area (Å²) in [4.78, 5) is 11.0. The second kappa shape index (κ2) is 7.15. The highest BCUT2D eigenvalue weighted by Gasteiger charge is 2.31. The highest BCUT2D eigenvalue weighted by Crippen LogP contribution is 2.31. The van der Waals surface area contributed by atoms with Crippen molar-refractivity contribution in [2.45, 2.75) is 58.4 Å². The minimum absolute atomic E-state index is 0.254. The third-order valence-corrected chi connectivity index (χ3v) is 4.17. The number of aliphatic carboxylic acids is 1. The summed E-state index contributed by atoms with van der Waals surface area (Å²) in [5.74, 6) is -0.0564. The number of rotatable bonds is 7. The van der Waals surface area contributed by atoms with E-state index in [4.69, 9.17) is 5.11 Å². The standard InChI is InChI=1S/C12H23FO2S/c1-5-9(13)7-6-8-16-10(11(14)15)12(2,3)4/h9-10H,5-8H2,1-4H3,(H,14,15). The number of carboxylic acids is 1. The van der Waals surface area contributed by atoms with Crippen LogP contribution in [0.4, 0.5) is 4.39 Å². The highest BCUT2D eigenvalue weighted by atomic mass is 32.2. The fraction of sp³-hybridized carbons (Fsp3) is 0.917. The largest absolute Gasteiger partial charge is 0.480 e. The summed E-state index contributed by atoms with van der Waals surface area (Å²) >= 11 is 1.42. The van der Waals surface area contributed by atoms with Crippen molar-refractivity contribution in [3.05, 3.63) is 0 Å². The molecule has 0 aliphatic heterocycles. The molecule has 4 heteroatoms. The van der Waals surface area contributed by atoms with E-state index in [0.29, 0.717) is 18.6 Å². The lowest BCUT2D eigenvalue weighted by atomic mass is 9.92. The Bertz CT molecular complexity index is 214. The third-order valence-electron chi connectivity index (χ3n) is 2.40. The van der Waals surface area contributed by atoms with Gasteiger partial charge in [0.05, 0.1) is 6.17 Å². The molecule has 96 valence electrons. The minimum atomic E-state index is -0.773. The molecule has 0 aromatic heterocycles. The molecule has 0 aliphatic carbocycles. The lowest BCUT2D eigenvalue weighted by Crippen LogP contribution is -2.31. The predicted octanol–water partition coefficient (Wildman–Crippen LogP) is 3.75. The third kappa shape index (κ3) is 6.36. The first-order chi connectivity index (χ1) is 7.29. The molecule has 0 heterocycles. The molecule has 16 heavy (non-hydrogen) atoms. The molecule has 0 saturated heterocycles. The van der Waals surface area contributed by atoms with E-state index in [9.17, 15) is 9.18 Å². The van der Waals surface area contributed by atoms with E-state index in [2.05, 4.69) is 0 Å². The van der Waals surface area contributed by atoms with Crippen molar-refractivity contribution in [2.75, 3.05) is 5.75 Å². The van der Waals surface area contributed by atoms with Crippen LogP contribution in [-0.4, -0.2) is 28.3 Å². The summed E-state index contributed by atoms with van der Waals surface area (Å²) in [6, 6.07) is 0. The molecule has 0 amide bonds. The van der Waals surface area contributed by atoms with Crippen molar-refractivity contribution in [1.29, 1.82) is 0 Å². The quantitative estimate of drug-likeness (QED) is 0.699. The van der Waals surface area contributed by atoms with Crippen molar-refractivity contribution in [1.82, 2.24) is 0 Å². The maximum absolute atomic E-state index is 12.9. The van der Waals surface area contributed by atoms with Gasteiger partial charge in [-0.3, -0.25) is 4.79 Å². The van der Waals surface area contributed by atoms with Gasteiger partial charge in [-0.1, -0.05) is 27.7 Å². The number of thioether (sulfide) groups is 1. The summed E-state index contributed by atoms with van der Waals surface area (Å²) in [7, 11) is 0. The van der Waals surface area contributed by atoms with Crippen LogP contribution in [-0.2, 0) is 4.79 Å². The van der Waals surface area contributed by atoms with E-state index in [1.54, 1.807) is 0 Å². The van der Waals surface area contributed by atoms with Crippen LogP contribution in [0.25, 0.3) is 0 Å². The van der Waals surface area contributed by atoms with Crippen LogP contribution < -0.4 is 0 Å². The lowest BCUT2D eigenvalue weighted by Gasteiger charge is -2.26. The van der Waals surface area contributed by atoms with Gasteiger partial charge in [0.2, 0.25) is 0 Å². The fourth-order valence-corrected chi connectivity index (χ4v) is 2.61. The van der Waals surface area contributed by atoms with E-state index in [1.165, 1.54) is 11.8 Å². The zero-order valence-electron chi connectivity index (χ0n) is 10.6. The van der Waals surface area contributed by atoms with E-state index < -0.39 is 17.4 Å². The van der Waals surface area contributed by atoms with Crippen LogP contribution in [0.5, 0.6) is 0 Å². The zero-order valence-corrected chi connectivity index (χ0v) is 11.4. The highest BCUT2D eigenvalue weighted by molar-refractivity contribution is 8.00. The average Bonchev–Trinajstić information content (AvgIpc) is 2.14. The average molecular weight is 250 g/mol. The van der Waals surface area contributed by atoms with Crippen LogP contribution in [0.15, 0.2) is 0 Å². The Kier molecular flexibility index (Phi) is 7.04. The Labute approximate surface area is 102 Å². The molecular formula is C12H23FO2S. The van der Waals surface area contributed by atoms with Gasteiger partial charge in [0.1, 0.15) is 5.25 Å². The Morgan fingerprint density at radius 1 is 1.44 bits per heavy atom. The van der Waals surface area contributed by atoms with E-state index >= 15 is 0 Å². The van der Waals surface area contributed by atoms with Crippen LogP contribution in [0.1, 0.15) is 47.0 Å². The van der Waals surface area contributed by atoms with Crippen LogP contribution in [0, 0.1) is 5.41 Å². The van der Waals surface area contributed by atoms with E-state index in [0.717, 1.165) is 6.42 Å². The Morgan fingerprint density at radius 3 is 2.38 bits per heavy atom. The lowest BCUT2D eigenvalue weighted by molar-refractivity contribution is -0.138. The van der Waals surface area contributed by atoms with Gasteiger partial charge in [-0.15, -0.1) is 11.8 Å². The second-order valence-corrected chi connectivity index (χ2v) is 6.32. The first-order valence-electron chi connectivity index (χ1n) is 5.77. The Morgan fingerprint density at radius 2 is 2.00 bits per heavy atom. The monoisotopic (exact) mass is 250 g/mol. The summed E-state index contributed by atoms with van der Waals surface area (Å²) in [5.41, 5.74) is -0.254. The van der Waals surface area contributed by atoms with Gasteiger partial charge in [0, 0.05) is 0 Å². The molecule has 0 rings (SSSR count). The molecule has 2 unspecified atom stereocenters. The summed E-state index contributed by atoms with van der Waals surface area (Å²) in [6.07, 6.45) is 1.10. The van der Waals surface area contributed by atoms with Crippen LogP contribution >= 0.6 is 11.8 Å². The smallest absolute Gasteiger partial charge is 0.317 e.